The number of rotatable bonds is 3. The third-order valence-corrected chi connectivity index (χ3v) is 5.86. The van der Waals surface area contributed by atoms with Crippen LogP contribution in [-0.2, 0) is 0 Å². The molecule has 6 heteroatoms. The summed E-state index contributed by atoms with van der Waals surface area (Å²) in [5.74, 6) is 0.437. The molecule has 22 heavy (non-hydrogen) atoms. The summed E-state index contributed by atoms with van der Waals surface area (Å²) in [5, 5.41) is 0. The zero-order valence-electron chi connectivity index (χ0n) is 12.3. The summed E-state index contributed by atoms with van der Waals surface area (Å²) in [7, 11) is -3.21. The van der Waals surface area contributed by atoms with Crippen molar-refractivity contribution in [1.82, 2.24) is 0 Å². The molecule has 0 fully saturated rings. The summed E-state index contributed by atoms with van der Waals surface area (Å²) in [6, 6.07) is 16.7. The van der Waals surface area contributed by atoms with Crippen molar-refractivity contribution in [2.75, 3.05) is 10.8 Å². The SMILES string of the molecule is CC(CN)C1Oc2ccccc2N(c2ccccc2)S1(O)O. The van der Waals surface area contributed by atoms with Crippen LogP contribution in [0.2, 0.25) is 0 Å². The highest BCUT2D eigenvalue weighted by molar-refractivity contribution is 8.26. The number of hydrogen-bond donors (Lipinski definition) is 3. The third kappa shape index (κ3) is 2.44. The molecule has 4 N–H and O–H groups in total. The second-order valence-electron chi connectivity index (χ2n) is 5.36. The van der Waals surface area contributed by atoms with Crippen LogP contribution in [0, 0.1) is 5.92 Å². The molecular formula is C16H20N2O3S. The first kappa shape index (κ1) is 15.2. The third-order valence-electron chi connectivity index (χ3n) is 3.73. The fraction of sp³-hybridized carbons (Fsp3) is 0.250. The fourth-order valence-corrected chi connectivity index (χ4v) is 4.61. The first-order valence-corrected chi connectivity index (χ1v) is 8.70. The average Bonchev–Trinajstić information content (AvgIpc) is 2.53. The molecule has 1 aliphatic heterocycles. The molecule has 0 bridgehead atoms. The van der Waals surface area contributed by atoms with Gasteiger partial charge in [-0.1, -0.05) is 48.0 Å². The molecule has 2 unspecified atom stereocenters. The van der Waals surface area contributed by atoms with Gasteiger partial charge in [0.05, 0.1) is 5.69 Å². The molecular weight excluding hydrogens is 300 g/mol. The first-order chi connectivity index (χ1) is 10.6. The Hall–Kier alpha value is -1.73. The molecule has 0 saturated heterocycles. The van der Waals surface area contributed by atoms with Gasteiger partial charge >= 0.3 is 0 Å². The van der Waals surface area contributed by atoms with E-state index in [4.69, 9.17) is 10.5 Å². The number of ether oxygens (including phenoxy) is 1. The Morgan fingerprint density at radius 1 is 1.14 bits per heavy atom. The van der Waals surface area contributed by atoms with Crippen LogP contribution in [0.3, 0.4) is 0 Å². The van der Waals surface area contributed by atoms with Gasteiger partial charge in [-0.3, -0.25) is 9.11 Å². The molecule has 1 aliphatic rings. The maximum atomic E-state index is 10.9. The second-order valence-corrected chi connectivity index (χ2v) is 7.31. The van der Waals surface area contributed by atoms with E-state index in [1.807, 2.05) is 61.5 Å². The Balaban J connectivity index is 2.16. The highest BCUT2D eigenvalue weighted by atomic mass is 32.3. The molecule has 0 aromatic heterocycles. The molecule has 0 aliphatic carbocycles. The van der Waals surface area contributed by atoms with Gasteiger partial charge in [0.2, 0.25) is 5.44 Å². The van der Waals surface area contributed by atoms with Crippen LogP contribution >= 0.6 is 10.8 Å². The van der Waals surface area contributed by atoms with E-state index in [2.05, 4.69) is 0 Å². The highest BCUT2D eigenvalue weighted by Gasteiger charge is 2.43. The number of hydrogen-bond acceptors (Lipinski definition) is 5. The van der Waals surface area contributed by atoms with Gasteiger partial charge in [0.15, 0.2) is 0 Å². The van der Waals surface area contributed by atoms with Crippen LogP contribution in [0.5, 0.6) is 5.75 Å². The largest absolute Gasteiger partial charge is 0.466 e. The van der Waals surface area contributed by atoms with Gasteiger partial charge in [0.25, 0.3) is 0 Å². The van der Waals surface area contributed by atoms with Crippen molar-refractivity contribution in [3.8, 4) is 5.75 Å². The van der Waals surface area contributed by atoms with Crippen LogP contribution in [0.15, 0.2) is 54.6 Å². The number of benzene rings is 2. The summed E-state index contributed by atoms with van der Waals surface area (Å²) in [6.07, 6.45) is 0. The normalized spacial score (nSPS) is 22.4. The Morgan fingerprint density at radius 2 is 1.77 bits per heavy atom. The predicted octanol–water partition coefficient (Wildman–Crippen LogP) is 3.80. The number of nitrogens with zero attached hydrogens (tertiary/aromatic N) is 1. The van der Waals surface area contributed by atoms with Gasteiger partial charge in [-0.25, -0.2) is 4.31 Å². The van der Waals surface area contributed by atoms with Gasteiger partial charge in [0, 0.05) is 12.5 Å². The molecule has 2 aromatic rings. The predicted molar refractivity (Wildman–Crippen MR) is 90.5 cm³/mol. The zero-order chi connectivity index (χ0) is 15.7. The van der Waals surface area contributed by atoms with Gasteiger partial charge in [-0.05, 0) is 24.3 Å². The van der Waals surface area contributed by atoms with E-state index >= 15 is 0 Å². The van der Waals surface area contributed by atoms with Crippen molar-refractivity contribution in [2.45, 2.75) is 12.4 Å². The summed E-state index contributed by atoms with van der Waals surface area (Å²) in [4.78, 5) is 0. The Kier molecular flexibility index (Phi) is 4.01. The van der Waals surface area contributed by atoms with E-state index in [0.29, 0.717) is 23.7 Å². The zero-order valence-corrected chi connectivity index (χ0v) is 13.1. The molecule has 3 rings (SSSR count). The van der Waals surface area contributed by atoms with Crippen molar-refractivity contribution >= 4 is 22.2 Å². The minimum absolute atomic E-state index is 0.190. The summed E-state index contributed by atoms with van der Waals surface area (Å²) in [6.45, 7) is 2.17. The highest BCUT2D eigenvalue weighted by Crippen LogP contribution is 2.61. The van der Waals surface area contributed by atoms with Crippen molar-refractivity contribution < 1.29 is 13.8 Å². The molecule has 1 heterocycles. The van der Waals surface area contributed by atoms with Crippen LogP contribution in [-0.4, -0.2) is 21.1 Å². The van der Waals surface area contributed by atoms with Gasteiger partial charge < -0.3 is 10.5 Å². The summed E-state index contributed by atoms with van der Waals surface area (Å²) < 4.78 is 29.2. The lowest BCUT2D eigenvalue weighted by molar-refractivity contribution is 0.197. The smallest absolute Gasteiger partial charge is 0.210 e. The van der Waals surface area contributed by atoms with Crippen LogP contribution in [0.1, 0.15) is 6.92 Å². The maximum absolute atomic E-state index is 10.9. The molecule has 2 aromatic carbocycles. The molecule has 5 nitrogen and oxygen atoms in total. The topological polar surface area (TPSA) is 79.0 Å². The second kappa shape index (κ2) is 5.81. The standard InChI is InChI=1S/C16H20N2O3S/c1-12(11-17)16-21-15-10-6-5-9-14(15)18(22(16,19)20)13-7-3-2-4-8-13/h2-10,12,16,19-20H,11,17H2,1H3. The number of para-hydroxylation sites is 3. The van der Waals surface area contributed by atoms with E-state index in [1.54, 1.807) is 4.31 Å². The summed E-state index contributed by atoms with van der Waals surface area (Å²) >= 11 is 0. The molecule has 118 valence electrons. The molecule has 0 spiro atoms. The molecule has 0 saturated carbocycles. The van der Waals surface area contributed by atoms with Crippen molar-refractivity contribution in [1.29, 1.82) is 0 Å². The lowest BCUT2D eigenvalue weighted by Crippen LogP contribution is -2.44. The summed E-state index contributed by atoms with van der Waals surface area (Å²) in [5.41, 5.74) is 6.31. The minimum Gasteiger partial charge on any atom is -0.466 e. The van der Waals surface area contributed by atoms with E-state index in [9.17, 15) is 9.11 Å². The fourth-order valence-electron chi connectivity index (χ4n) is 2.56. The number of nitrogens with two attached hydrogens (primary N) is 1. The monoisotopic (exact) mass is 320 g/mol. The van der Waals surface area contributed by atoms with E-state index in [0.717, 1.165) is 0 Å². The molecule has 0 amide bonds. The lowest BCUT2D eigenvalue weighted by atomic mass is 10.2. The molecule has 0 radical (unpaired) electrons. The van der Waals surface area contributed by atoms with Crippen LogP contribution < -0.4 is 14.8 Å². The van der Waals surface area contributed by atoms with E-state index < -0.39 is 16.2 Å². The van der Waals surface area contributed by atoms with Gasteiger partial charge in [-0.2, -0.15) is 0 Å². The minimum atomic E-state index is -3.21. The first-order valence-electron chi connectivity index (χ1n) is 7.14. The van der Waals surface area contributed by atoms with Crippen LogP contribution in [0.4, 0.5) is 11.4 Å². The average molecular weight is 320 g/mol. The van der Waals surface area contributed by atoms with Gasteiger partial charge in [-0.15, -0.1) is 0 Å². The molecule has 2 atom stereocenters. The van der Waals surface area contributed by atoms with Crippen molar-refractivity contribution in [3.63, 3.8) is 0 Å². The Bertz CT molecular complexity index is 651. The lowest BCUT2D eigenvalue weighted by Gasteiger charge is -2.53. The quantitative estimate of drug-likeness (QED) is 0.801. The number of fused-ring (bicyclic) bond motifs is 1. The number of anilines is 2. The van der Waals surface area contributed by atoms with E-state index in [1.165, 1.54) is 0 Å². The maximum Gasteiger partial charge on any atom is 0.210 e. The van der Waals surface area contributed by atoms with Crippen molar-refractivity contribution in [2.24, 2.45) is 11.7 Å². The van der Waals surface area contributed by atoms with Crippen LogP contribution in [0.25, 0.3) is 0 Å². The van der Waals surface area contributed by atoms with Crippen molar-refractivity contribution in [3.05, 3.63) is 54.6 Å². The Morgan fingerprint density at radius 3 is 2.45 bits per heavy atom. The van der Waals surface area contributed by atoms with Gasteiger partial charge in [0.1, 0.15) is 11.4 Å². The Labute approximate surface area is 131 Å². The van der Waals surface area contributed by atoms with E-state index in [-0.39, 0.29) is 5.92 Å².